The van der Waals surface area contributed by atoms with Crippen molar-refractivity contribution in [2.45, 2.75) is 19.9 Å². The van der Waals surface area contributed by atoms with E-state index < -0.39 is 23.2 Å². The van der Waals surface area contributed by atoms with Crippen LogP contribution < -0.4 is 0 Å². The summed E-state index contributed by atoms with van der Waals surface area (Å²) in [6.45, 7) is 3.36. The Hall–Kier alpha value is -2.80. The SMILES string of the molecule is CCOC(=O)[C@@H](C)N1C(=O)S/C(=C/c2cccn2-c2ccccc2)C1=O. The van der Waals surface area contributed by atoms with Gasteiger partial charge in [0.05, 0.1) is 11.5 Å². The van der Waals surface area contributed by atoms with Gasteiger partial charge in [-0.15, -0.1) is 0 Å². The number of benzene rings is 1. The zero-order chi connectivity index (χ0) is 18.7. The largest absolute Gasteiger partial charge is 0.464 e. The van der Waals surface area contributed by atoms with Crippen LogP contribution in [0.4, 0.5) is 4.79 Å². The minimum absolute atomic E-state index is 0.194. The van der Waals surface area contributed by atoms with Crippen LogP contribution in [0.1, 0.15) is 19.5 Å². The monoisotopic (exact) mass is 370 g/mol. The van der Waals surface area contributed by atoms with Crippen molar-refractivity contribution in [3.05, 3.63) is 59.3 Å². The van der Waals surface area contributed by atoms with Crippen molar-refractivity contribution in [1.29, 1.82) is 0 Å². The summed E-state index contributed by atoms with van der Waals surface area (Å²) >= 11 is 0.825. The summed E-state index contributed by atoms with van der Waals surface area (Å²) in [4.78, 5) is 38.0. The van der Waals surface area contributed by atoms with Gasteiger partial charge in [0.25, 0.3) is 11.1 Å². The average molecular weight is 370 g/mol. The Kier molecular flexibility index (Phi) is 5.27. The quantitative estimate of drug-likeness (QED) is 0.595. The summed E-state index contributed by atoms with van der Waals surface area (Å²) in [7, 11) is 0. The van der Waals surface area contributed by atoms with Crippen molar-refractivity contribution in [2.75, 3.05) is 6.61 Å². The normalized spacial score (nSPS) is 17.0. The maximum Gasteiger partial charge on any atom is 0.329 e. The van der Waals surface area contributed by atoms with Gasteiger partial charge in [-0.25, -0.2) is 4.79 Å². The van der Waals surface area contributed by atoms with Crippen molar-refractivity contribution in [2.24, 2.45) is 0 Å². The molecule has 1 atom stereocenters. The van der Waals surface area contributed by atoms with Gasteiger partial charge in [-0.2, -0.15) is 0 Å². The lowest BCUT2D eigenvalue weighted by Gasteiger charge is -2.19. The molecule has 1 saturated heterocycles. The van der Waals surface area contributed by atoms with E-state index in [2.05, 4.69) is 0 Å². The minimum atomic E-state index is -0.950. The molecular formula is C19H18N2O4S. The van der Waals surface area contributed by atoms with Crippen LogP contribution in [0.2, 0.25) is 0 Å². The van der Waals surface area contributed by atoms with E-state index >= 15 is 0 Å². The van der Waals surface area contributed by atoms with Crippen LogP contribution in [0, 0.1) is 0 Å². The van der Waals surface area contributed by atoms with Crippen LogP contribution >= 0.6 is 11.8 Å². The molecule has 7 heteroatoms. The standard InChI is InChI=1S/C19H18N2O4S/c1-3-25-18(23)13(2)21-17(22)16(26-19(21)24)12-15-10-7-11-20(15)14-8-5-4-6-9-14/h4-13H,3H2,1-2H3/b16-12+/t13-/m1/s1. The van der Waals surface area contributed by atoms with Gasteiger partial charge in [0, 0.05) is 17.6 Å². The summed E-state index contributed by atoms with van der Waals surface area (Å²) in [5.41, 5.74) is 1.72. The van der Waals surface area contributed by atoms with Gasteiger partial charge in [0.15, 0.2) is 0 Å². The molecule has 0 N–H and O–H groups in total. The average Bonchev–Trinajstić information content (AvgIpc) is 3.20. The first-order valence-corrected chi connectivity index (χ1v) is 9.01. The number of rotatable bonds is 5. The summed E-state index contributed by atoms with van der Waals surface area (Å²) in [5, 5.41) is -0.473. The molecule has 0 spiro atoms. The molecule has 0 radical (unpaired) electrons. The lowest BCUT2D eigenvalue weighted by atomic mass is 10.2. The van der Waals surface area contributed by atoms with E-state index in [1.54, 1.807) is 13.0 Å². The molecule has 1 fully saturated rings. The smallest absolute Gasteiger partial charge is 0.329 e. The lowest BCUT2D eigenvalue weighted by molar-refractivity contribution is -0.150. The molecule has 0 aliphatic carbocycles. The van der Waals surface area contributed by atoms with Crippen LogP contribution in [0.15, 0.2) is 53.6 Å². The highest BCUT2D eigenvalue weighted by molar-refractivity contribution is 8.18. The highest BCUT2D eigenvalue weighted by atomic mass is 32.2. The van der Waals surface area contributed by atoms with Crippen molar-refractivity contribution in [3.63, 3.8) is 0 Å². The Balaban J connectivity index is 1.88. The Labute approximate surface area is 155 Å². The lowest BCUT2D eigenvalue weighted by Crippen LogP contribution is -2.42. The minimum Gasteiger partial charge on any atom is -0.464 e. The van der Waals surface area contributed by atoms with E-state index in [9.17, 15) is 14.4 Å². The zero-order valence-electron chi connectivity index (χ0n) is 14.4. The highest BCUT2D eigenvalue weighted by Gasteiger charge is 2.41. The number of carbonyl (C=O) groups excluding carboxylic acids is 3. The third-order valence-electron chi connectivity index (χ3n) is 3.93. The van der Waals surface area contributed by atoms with E-state index in [-0.39, 0.29) is 11.5 Å². The molecule has 1 aliphatic heterocycles. The number of hydrogen-bond donors (Lipinski definition) is 0. The number of esters is 1. The Bertz CT molecular complexity index is 873. The number of nitrogens with zero attached hydrogens (tertiary/aromatic N) is 2. The van der Waals surface area contributed by atoms with Crippen LogP contribution in [-0.4, -0.2) is 39.2 Å². The number of thioether (sulfide) groups is 1. The molecule has 6 nitrogen and oxygen atoms in total. The van der Waals surface area contributed by atoms with E-state index in [1.165, 1.54) is 6.92 Å². The van der Waals surface area contributed by atoms with Crippen molar-refractivity contribution in [1.82, 2.24) is 9.47 Å². The summed E-state index contributed by atoms with van der Waals surface area (Å²) < 4.78 is 6.83. The Morgan fingerprint density at radius 1 is 1.19 bits per heavy atom. The first kappa shape index (κ1) is 18.0. The summed E-state index contributed by atoms with van der Waals surface area (Å²) in [6, 6.07) is 12.4. The van der Waals surface area contributed by atoms with E-state index in [4.69, 9.17) is 4.74 Å². The van der Waals surface area contributed by atoms with Crippen LogP contribution in [0.5, 0.6) is 0 Å². The fourth-order valence-electron chi connectivity index (χ4n) is 2.65. The molecule has 1 aliphatic rings. The van der Waals surface area contributed by atoms with Crippen molar-refractivity contribution < 1.29 is 19.1 Å². The molecule has 3 rings (SSSR count). The first-order chi connectivity index (χ1) is 12.5. The van der Waals surface area contributed by atoms with Gasteiger partial charge >= 0.3 is 5.97 Å². The predicted octanol–water partition coefficient (Wildman–Crippen LogP) is 3.47. The van der Waals surface area contributed by atoms with Crippen LogP contribution in [-0.2, 0) is 14.3 Å². The number of ether oxygens (including phenoxy) is 1. The second-order valence-corrected chi connectivity index (χ2v) is 6.61. The van der Waals surface area contributed by atoms with Crippen molar-refractivity contribution in [3.8, 4) is 5.69 Å². The molecule has 1 aromatic heterocycles. The van der Waals surface area contributed by atoms with Crippen LogP contribution in [0.3, 0.4) is 0 Å². The predicted molar refractivity (Wildman–Crippen MR) is 99.7 cm³/mol. The second-order valence-electron chi connectivity index (χ2n) is 5.62. The maximum atomic E-state index is 12.6. The number of carbonyl (C=O) groups is 3. The van der Waals surface area contributed by atoms with Crippen LogP contribution in [0.25, 0.3) is 11.8 Å². The van der Waals surface area contributed by atoms with Gasteiger partial charge in [0.1, 0.15) is 6.04 Å². The second kappa shape index (κ2) is 7.61. The highest BCUT2D eigenvalue weighted by Crippen LogP contribution is 2.34. The fourth-order valence-corrected chi connectivity index (χ4v) is 3.54. The van der Waals surface area contributed by atoms with E-state index in [1.807, 2.05) is 53.2 Å². The summed E-state index contributed by atoms with van der Waals surface area (Å²) in [5.74, 6) is -1.08. The van der Waals surface area contributed by atoms with E-state index in [0.717, 1.165) is 28.0 Å². The maximum absolute atomic E-state index is 12.6. The van der Waals surface area contributed by atoms with Gasteiger partial charge in [-0.3, -0.25) is 14.5 Å². The summed E-state index contributed by atoms with van der Waals surface area (Å²) in [6.07, 6.45) is 3.54. The zero-order valence-corrected chi connectivity index (χ0v) is 15.2. The molecule has 0 saturated carbocycles. The Morgan fingerprint density at radius 3 is 2.62 bits per heavy atom. The molecule has 0 unspecified atom stereocenters. The first-order valence-electron chi connectivity index (χ1n) is 8.19. The van der Waals surface area contributed by atoms with E-state index in [0.29, 0.717) is 0 Å². The molecule has 26 heavy (non-hydrogen) atoms. The topological polar surface area (TPSA) is 68.6 Å². The fraction of sp³-hybridized carbons (Fsp3) is 0.211. The number of imide groups is 1. The molecule has 134 valence electrons. The Morgan fingerprint density at radius 2 is 1.92 bits per heavy atom. The molecule has 0 bridgehead atoms. The third kappa shape index (κ3) is 3.43. The third-order valence-corrected chi connectivity index (χ3v) is 4.82. The molecular weight excluding hydrogens is 352 g/mol. The number of para-hydroxylation sites is 1. The van der Waals surface area contributed by atoms with Gasteiger partial charge in [0.2, 0.25) is 0 Å². The van der Waals surface area contributed by atoms with Gasteiger partial charge in [-0.05, 0) is 56.0 Å². The molecule has 2 amide bonds. The number of aromatic nitrogens is 1. The molecule has 2 heterocycles. The molecule has 2 aromatic rings. The molecule has 1 aromatic carbocycles. The number of amides is 2. The van der Waals surface area contributed by atoms with Gasteiger partial charge < -0.3 is 9.30 Å². The van der Waals surface area contributed by atoms with Gasteiger partial charge in [-0.1, -0.05) is 18.2 Å². The number of hydrogen-bond acceptors (Lipinski definition) is 5. The van der Waals surface area contributed by atoms with Crippen molar-refractivity contribution >= 4 is 35.0 Å².